The Morgan fingerprint density at radius 3 is 2.72 bits per heavy atom. The molecule has 0 aliphatic carbocycles. The van der Waals surface area contributed by atoms with Gasteiger partial charge < -0.3 is 15.4 Å². The monoisotopic (exact) mass is 374 g/mol. The van der Waals surface area contributed by atoms with E-state index < -0.39 is 17.6 Å². The summed E-state index contributed by atoms with van der Waals surface area (Å²) in [6.45, 7) is 0.902. The molecule has 1 aromatic carbocycles. The lowest BCUT2D eigenvalue weighted by Gasteiger charge is -2.12. The van der Waals surface area contributed by atoms with E-state index in [-0.39, 0.29) is 16.4 Å². The van der Waals surface area contributed by atoms with Crippen molar-refractivity contribution in [1.29, 1.82) is 0 Å². The van der Waals surface area contributed by atoms with Crippen LogP contribution in [0.2, 0.25) is 5.02 Å². The number of amides is 1. The van der Waals surface area contributed by atoms with Crippen molar-refractivity contribution in [3.05, 3.63) is 46.9 Å². The second kappa shape index (κ2) is 8.13. The molecule has 10 heteroatoms. The Hall–Kier alpha value is -2.39. The summed E-state index contributed by atoms with van der Waals surface area (Å²) in [5, 5.41) is 5.21. The minimum Gasteiger partial charge on any atom is -0.383 e. The smallest absolute Gasteiger partial charge is 0.383 e. The highest BCUT2D eigenvalue weighted by molar-refractivity contribution is 6.33. The van der Waals surface area contributed by atoms with E-state index in [2.05, 4.69) is 20.6 Å². The van der Waals surface area contributed by atoms with Crippen LogP contribution in [-0.2, 0) is 10.9 Å². The van der Waals surface area contributed by atoms with Gasteiger partial charge in [-0.05, 0) is 18.2 Å². The molecule has 6 nitrogen and oxygen atoms in total. The first-order valence-electron chi connectivity index (χ1n) is 7.04. The summed E-state index contributed by atoms with van der Waals surface area (Å²) in [4.78, 5) is 20.0. The molecule has 0 unspecified atom stereocenters. The summed E-state index contributed by atoms with van der Waals surface area (Å²) < 4.78 is 43.2. The number of aromatic nitrogens is 2. The third-order valence-electron chi connectivity index (χ3n) is 3.05. The quantitative estimate of drug-likeness (QED) is 0.757. The second-order valence-electron chi connectivity index (χ2n) is 4.85. The third-order valence-corrected chi connectivity index (χ3v) is 3.38. The van der Waals surface area contributed by atoms with Crippen molar-refractivity contribution in [2.75, 3.05) is 30.9 Å². The van der Waals surface area contributed by atoms with Gasteiger partial charge in [-0.3, -0.25) is 4.79 Å². The van der Waals surface area contributed by atoms with Gasteiger partial charge in [0, 0.05) is 19.7 Å². The van der Waals surface area contributed by atoms with Crippen molar-refractivity contribution in [2.45, 2.75) is 6.18 Å². The Morgan fingerprint density at radius 2 is 2.04 bits per heavy atom. The molecule has 0 spiro atoms. The molecular formula is C15H14ClF3N4O2. The maximum Gasteiger partial charge on any atom is 0.416 e. The van der Waals surface area contributed by atoms with Crippen molar-refractivity contribution >= 4 is 29.0 Å². The highest BCUT2D eigenvalue weighted by Gasteiger charge is 2.31. The molecule has 0 saturated carbocycles. The Labute approximate surface area is 146 Å². The van der Waals surface area contributed by atoms with Crippen LogP contribution in [-0.4, -0.2) is 36.1 Å². The highest BCUT2D eigenvalue weighted by atomic mass is 35.5. The number of hydrogen-bond donors (Lipinski definition) is 2. The SMILES string of the molecule is COCCNc1cc(C(=O)Nc2cc(C(F)(F)F)ccc2Cl)ncn1. The first kappa shape index (κ1) is 18.9. The Morgan fingerprint density at radius 1 is 1.28 bits per heavy atom. The first-order valence-corrected chi connectivity index (χ1v) is 7.42. The number of anilines is 2. The molecular weight excluding hydrogens is 361 g/mol. The molecule has 134 valence electrons. The van der Waals surface area contributed by atoms with Gasteiger partial charge in [0.25, 0.3) is 5.91 Å². The van der Waals surface area contributed by atoms with Crippen LogP contribution < -0.4 is 10.6 Å². The van der Waals surface area contributed by atoms with Gasteiger partial charge in [-0.2, -0.15) is 13.2 Å². The van der Waals surface area contributed by atoms with Crippen molar-refractivity contribution in [2.24, 2.45) is 0 Å². The van der Waals surface area contributed by atoms with Gasteiger partial charge in [-0.1, -0.05) is 11.6 Å². The number of hydrogen-bond acceptors (Lipinski definition) is 5. The van der Waals surface area contributed by atoms with E-state index in [1.54, 1.807) is 7.11 Å². The Balaban J connectivity index is 2.16. The van der Waals surface area contributed by atoms with Crippen molar-refractivity contribution in [3.8, 4) is 0 Å². The molecule has 1 heterocycles. The largest absolute Gasteiger partial charge is 0.416 e. The van der Waals surface area contributed by atoms with Gasteiger partial charge in [0.2, 0.25) is 0 Å². The standard InChI is InChI=1S/C15H14ClF3N4O2/c1-25-5-4-20-13-7-12(21-8-22-13)14(24)23-11-6-9(15(17,18)19)2-3-10(11)16/h2-3,6-8H,4-5H2,1H3,(H,23,24)(H,20,21,22). The molecule has 0 atom stereocenters. The summed E-state index contributed by atoms with van der Waals surface area (Å²) in [5.41, 5.74) is -1.10. The average molecular weight is 375 g/mol. The van der Waals surface area contributed by atoms with Crippen LogP contribution in [0.25, 0.3) is 0 Å². The third kappa shape index (κ3) is 5.30. The number of ether oxygens (including phenoxy) is 1. The van der Waals surface area contributed by atoms with Crippen LogP contribution in [0.15, 0.2) is 30.6 Å². The van der Waals surface area contributed by atoms with E-state index >= 15 is 0 Å². The summed E-state index contributed by atoms with van der Waals surface area (Å²) in [6, 6.07) is 4.03. The molecule has 1 aromatic heterocycles. The highest BCUT2D eigenvalue weighted by Crippen LogP contribution is 2.33. The fraction of sp³-hybridized carbons (Fsp3) is 0.267. The molecule has 2 aromatic rings. The number of carbonyl (C=O) groups is 1. The zero-order chi connectivity index (χ0) is 18.4. The van der Waals surface area contributed by atoms with Crippen LogP contribution in [0.5, 0.6) is 0 Å². The van der Waals surface area contributed by atoms with E-state index in [1.165, 1.54) is 6.07 Å². The van der Waals surface area contributed by atoms with E-state index in [9.17, 15) is 18.0 Å². The Bertz CT molecular complexity index is 756. The van der Waals surface area contributed by atoms with Gasteiger partial charge in [-0.25, -0.2) is 9.97 Å². The number of rotatable bonds is 6. The van der Waals surface area contributed by atoms with Crippen LogP contribution >= 0.6 is 11.6 Å². The minimum atomic E-state index is -4.54. The fourth-order valence-electron chi connectivity index (χ4n) is 1.84. The number of nitrogens with zero attached hydrogens (tertiary/aromatic N) is 2. The lowest BCUT2D eigenvalue weighted by Crippen LogP contribution is -2.16. The molecule has 0 aliphatic heterocycles. The van der Waals surface area contributed by atoms with E-state index in [0.29, 0.717) is 19.0 Å². The maximum absolute atomic E-state index is 12.8. The summed E-state index contributed by atoms with van der Waals surface area (Å²) in [6.07, 6.45) is -3.38. The van der Waals surface area contributed by atoms with Gasteiger partial charge in [0.15, 0.2) is 0 Å². The summed E-state index contributed by atoms with van der Waals surface area (Å²) >= 11 is 5.85. The van der Waals surface area contributed by atoms with Crippen molar-refractivity contribution in [3.63, 3.8) is 0 Å². The Kier molecular flexibility index (Phi) is 6.16. The molecule has 0 saturated heterocycles. The van der Waals surface area contributed by atoms with Gasteiger partial charge >= 0.3 is 6.18 Å². The van der Waals surface area contributed by atoms with Crippen LogP contribution in [0.3, 0.4) is 0 Å². The lowest BCUT2D eigenvalue weighted by atomic mass is 10.2. The average Bonchev–Trinajstić information content (AvgIpc) is 2.56. The molecule has 1 amide bonds. The molecule has 25 heavy (non-hydrogen) atoms. The van der Waals surface area contributed by atoms with E-state index in [4.69, 9.17) is 16.3 Å². The van der Waals surface area contributed by atoms with Gasteiger partial charge in [0.1, 0.15) is 17.8 Å². The van der Waals surface area contributed by atoms with Crippen LogP contribution in [0.4, 0.5) is 24.7 Å². The van der Waals surface area contributed by atoms with Crippen LogP contribution in [0.1, 0.15) is 16.1 Å². The normalized spacial score (nSPS) is 11.2. The first-order chi connectivity index (χ1) is 11.8. The fourth-order valence-corrected chi connectivity index (χ4v) is 2.01. The number of alkyl halides is 3. The molecule has 0 bridgehead atoms. The van der Waals surface area contributed by atoms with E-state index in [1.807, 2.05) is 0 Å². The summed E-state index contributed by atoms with van der Waals surface area (Å²) in [5.74, 6) is -0.328. The zero-order valence-corrected chi connectivity index (χ0v) is 13.8. The topological polar surface area (TPSA) is 76.1 Å². The zero-order valence-electron chi connectivity index (χ0n) is 13.0. The van der Waals surface area contributed by atoms with Crippen LogP contribution in [0, 0.1) is 0 Å². The number of methoxy groups -OCH3 is 1. The number of nitrogens with one attached hydrogen (secondary N) is 2. The van der Waals surface area contributed by atoms with Gasteiger partial charge in [0.05, 0.1) is 22.9 Å². The number of benzene rings is 1. The lowest BCUT2D eigenvalue weighted by molar-refractivity contribution is -0.137. The van der Waals surface area contributed by atoms with Gasteiger partial charge in [-0.15, -0.1) is 0 Å². The van der Waals surface area contributed by atoms with E-state index in [0.717, 1.165) is 24.5 Å². The molecule has 0 aliphatic rings. The van der Waals surface area contributed by atoms with Crippen molar-refractivity contribution < 1.29 is 22.7 Å². The molecule has 2 N–H and O–H groups in total. The van der Waals surface area contributed by atoms with Crippen molar-refractivity contribution in [1.82, 2.24) is 9.97 Å². The molecule has 0 fully saturated rings. The minimum absolute atomic E-state index is 0.0196. The predicted molar refractivity (Wildman–Crippen MR) is 86.8 cm³/mol. The number of halogens is 4. The molecule has 2 rings (SSSR count). The molecule has 0 radical (unpaired) electrons. The predicted octanol–water partition coefficient (Wildman–Crippen LogP) is 3.46. The summed E-state index contributed by atoms with van der Waals surface area (Å²) in [7, 11) is 1.54. The second-order valence-corrected chi connectivity index (χ2v) is 5.26. The number of carbonyl (C=O) groups excluding carboxylic acids is 1. The maximum atomic E-state index is 12.8.